The summed E-state index contributed by atoms with van der Waals surface area (Å²) in [4.78, 5) is 14.8. The first-order valence-corrected chi connectivity index (χ1v) is 9.78. The van der Waals surface area contributed by atoms with Gasteiger partial charge in [-0.1, -0.05) is 24.3 Å². The smallest absolute Gasteiger partial charge is 0.255 e. The molecule has 0 bridgehead atoms. The van der Waals surface area contributed by atoms with Gasteiger partial charge in [-0.05, 0) is 36.8 Å². The Morgan fingerprint density at radius 3 is 2.75 bits per heavy atom. The number of ether oxygens (including phenoxy) is 3. The van der Waals surface area contributed by atoms with Gasteiger partial charge in [0.05, 0.1) is 25.4 Å². The molecule has 0 aliphatic carbocycles. The van der Waals surface area contributed by atoms with Gasteiger partial charge in [0.2, 0.25) is 0 Å². The topological polar surface area (TPSA) is 60.0 Å². The molecule has 1 amide bonds. The van der Waals surface area contributed by atoms with Crippen molar-refractivity contribution >= 4 is 5.91 Å². The SMILES string of the molecule is CCOc1ccccc1C(=O)NCc1cccc(OCCN2CCOCC2)c1. The van der Waals surface area contributed by atoms with Gasteiger partial charge in [-0.25, -0.2) is 0 Å². The highest BCUT2D eigenvalue weighted by Gasteiger charge is 2.12. The van der Waals surface area contributed by atoms with Crippen molar-refractivity contribution in [3.8, 4) is 11.5 Å². The van der Waals surface area contributed by atoms with Crippen molar-refractivity contribution in [2.24, 2.45) is 0 Å². The highest BCUT2D eigenvalue weighted by atomic mass is 16.5. The van der Waals surface area contributed by atoms with Crippen molar-refractivity contribution in [2.75, 3.05) is 46.1 Å². The summed E-state index contributed by atoms with van der Waals surface area (Å²) in [5.74, 6) is 1.26. The molecule has 150 valence electrons. The molecular formula is C22H28N2O4. The molecule has 0 spiro atoms. The second-order valence-corrected chi connectivity index (χ2v) is 6.56. The number of nitrogens with zero attached hydrogens (tertiary/aromatic N) is 1. The van der Waals surface area contributed by atoms with Gasteiger partial charge in [-0.15, -0.1) is 0 Å². The summed E-state index contributed by atoms with van der Waals surface area (Å²) in [5, 5.41) is 2.95. The molecule has 6 heteroatoms. The normalized spacial score (nSPS) is 14.5. The van der Waals surface area contributed by atoms with Gasteiger partial charge in [0.25, 0.3) is 5.91 Å². The van der Waals surface area contributed by atoms with E-state index in [9.17, 15) is 4.79 Å². The predicted octanol–water partition coefficient (Wildman–Crippen LogP) is 2.73. The number of nitrogens with one attached hydrogen (secondary N) is 1. The maximum atomic E-state index is 12.5. The Morgan fingerprint density at radius 2 is 1.93 bits per heavy atom. The number of para-hydroxylation sites is 1. The van der Waals surface area contributed by atoms with Gasteiger partial charge in [0.15, 0.2) is 0 Å². The Hall–Kier alpha value is -2.57. The summed E-state index contributed by atoms with van der Waals surface area (Å²) in [7, 11) is 0. The van der Waals surface area contributed by atoms with E-state index in [1.807, 2.05) is 43.3 Å². The zero-order valence-corrected chi connectivity index (χ0v) is 16.4. The second kappa shape index (κ2) is 10.7. The molecule has 0 saturated carbocycles. The summed E-state index contributed by atoms with van der Waals surface area (Å²) in [6.07, 6.45) is 0. The fourth-order valence-corrected chi connectivity index (χ4v) is 3.08. The van der Waals surface area contributed by atoms with Crippen LogP contribution in [0.3, 0.4) is 0 Å². The third-order valence-corrected chi connectivity index (χ3v) is 4.56. The third-order valence-electron chi connectivity index (χ3n) is 4.56. The van der Waals surface area contributed by atoms with Crippen molar-refractivity contribution in [1.29, 1.82) is 0 Å². The van der Waals surface area contributed by atoms with E-state index in [0.29, 0.717) is 31.1 Å². The van der Waals surface area contributed by atoms with Crippen LogP contribution in [0.1, 0.15) is 22.8 Å². The number of rotatable bonds is 9. The van der Waals surface area contributed by atoms with Crippen LogP contribution in [0.2, 0.25) is 0 Å². The van der Waals surface area contributed by atoms with Crippen molar-refractivity contribution in [2.45, 2.75) is 13.5 Å². The van der Waals surface area contributed by atoms with E-state index >= 15 is 0 Å². The number of hydrogen-bond acceptors (Lipinski definition) is 5. The Labute approximate surface area is 166 Å². The summed E-state index contributed by atoms with van der Waals surface area (Å²) < 4.78 is 16.8. The minimum atomic E-state index is -0.150. The maximum absolute atomic E-state index is 12.5. The highest BCUT2D eigenvalue weighted by molar-refractivity contribution is 5.96. The molecule has 6 nitrogen and oxygen atoms in total. The van der Waals surface area contributed by atoms with E-state index in [-0.39, 0.29) is 5.91 Å². The molecule has 3 rings (SSSR count). The van der Waals surface area contributed by atoms with E-state index in [2.05, 4.69) is 10.2 Å². The van der Waals surface area contributed by atoms with E-state index in [0.717, 1.165) is 44.2 Å². The summed E-state index contributed by atoms with van der Waals surface area (Å²) in [6, 6.07) is 15.1. The van der Waals surface area contributed by atoms with Crippen LogP contribution < -0.4 is 14.8 Å². The Kier molecular flexibility index (Phi) is 7.70. The van der Waals surface area contributed by atoms with E-state index in [1.54, 1.807) is 12.1 Å². The van der Waals surface area contributed by atoms with E-state index < -0.39 is 0 Å². The zero-order valence-electron chi connectivity index (χ0n) is 16.4. The number of carbonyl (C=O) groups is 1. The average molecular weight is 384 g/mol. The maximum Gasteiger partial charge on any atom is 0.255 e. The Morgan fingerprint density at radius 1 is 1.11 bits per heavy atom. The van der Waals surface area contributed by atoms with Crippen molar-refractivity contribution in [1.82, 2.24) is 10.2 Å². The van der Waals surface area contributed by atoms with Crippen LogP contribution in [-0.4, -0.2) is 56.9 Å². The minimum Gasteiger partial charge on any atom is -0.493 e. The first kappa shape index (κ1) is 20.2. The second-order valence-electron chi connectivity index (χ2n) is 6.56. The molecule has 28 heavy (non-hydrogen) atoms. The quantitative estimate of drug-likeness (QED) is 0.720. The highest BCUT2D eigenvalue weighted by Crippen LogP contribution is 2.18. The third kappa shape index (κ3) is 5.97. The molecule has 1 heterocycles. The molecule has 1 N–H and O–H groups in total. The van der Waals surface area contributed by atoms with Crippen molar-refractivity contribution in [3.05, 3.63) is 59.7 Å². The van der Waals surface area contributed by atoms with E-state index in [1.165, 1.54) is 0 Å². The van der Waals surface area contributed by atoms with Gasteiger partial charge in [-0.2, -0.15) is 0 Å². The van der Waals surface area contributed by atoms with Crippen LogP contribution in [-0.2, 0) is 11.3 Å². The van der Waals surface area contributed by atoms with Gasteiger partial charge in [-0.3, -0.25) is 9.69 Å². The van der Waals surface area contributed by atoms with Gasteiger partial charge in [0.1, 0.15) is 18.1 Å². The first-order valence-electron chi connectivity index (χ1n) is 9.78. The number of carbonyl (C=O) groups excluding carboxylic acids is 1. The standard InChI is InChI=1S/C22H28N2O4/c1-2-27-21-9-4-3-8-20(21)22(25)23-17-18-6-5-7-19(16-18)28-15-12-24-10-13-26-14-11-24/h3-9,16H,2,10-15,17H2,1H3,(H,23,25). The van der Waals surface area contributed by atoms with Crippen LogP contribution in [0, 0.1) is 0 Å². The fourth-order valence-electron chi connectivity index (χ4n) is 3.08. The number of hydrogen-bond donors (Lipinski definition) is 1. The van der Waals surface area contributed by atoms with Gasteiger partial charge in [0, 0.05) is 26.2 Å². The van der Waals surface area contributed by atoms with Gasteiger partial charge >= 0.3 is 0 Å². The molecule has 2 aromatic rings. The molecule has 1 fully saturated rings. The molecule has 1 saturated heterocycles. The van der Waals surface area contributed by atoms with Crippen LogP contribution in [0.5, 0.6) is 11.5 Å². The lowest BCUT2D eigenvalue weighted by atomic mass is 10.1. The van der Waals surface area contributed by atoms with Crippen LogP contribution in [0.25, 0.3) is 0 Å². The molecule has 0 atom stereocenters. The van der Waals surface area contributed by atoms with Crippen LogP contribution >= 0.6 is 0 Å². The number of benzene rings is 2. The Balaban J connectivity index is 1.49. The first-order chi connectivity index (χ1) is 13.8. The lowest BCUT2D eigenvalue weighted by Crippen LogP contribution is -2.38. The Bertz CT molecular complexity index is 760. The minimum absolute atomic E-state index is 0.150. The molecular weight excluding hydrogens is 356 g/mol. The summed E-state index contributed by atoms with van der Waals surface area (Å²) in [6.45, 7) is 7.88. The number of morpholine rings is 1. The van der Waals surface area contributed by atoms with Crippen molar-refractivity contribution < 1.29 is 19.0 Å². The molecule has 2 aromatic carbocycles. The van der Waals surface area contributed by atoms with Crippen molar-refractivity contribution in [3.63, 3.8) is 0 Å². The predicted molar refractivity (Wildman–Crippen MR) is 108 cm³/mol. The average Bonchev–Trinajstić information content (AvgIpc) is 2.74. The lowest BCUT2D eigenvalue weighted by Gasteiger charge is -2.26. The monoisotopic (exact) mass is 384 g/mol. The summed E-state index contributed by atoms with van der Waals surface area (Å²) >= 11 is 0. The molecule has 1 aliphatic heterocycles. The number of amides is 1. The van der Waals surface area contributed by atoms with Crippen LogP contribution in [0.15, 0.2) is 48.5 Å². The van der Waals surface area contributed by atoms with E-state index in [4.69, 9.17) is 14.2 Å². The lowest BCUT2D eigenvalue weighted by molar-refractivity contribution is 0.0322. The van der Waals surface area contributed by atoms with Gasteiger partial charge < -0.3 is 19.5 Å². The largest absolute Gasteiger partial charge is 0.493 e. The fraction of sp³-hybridized carbons (Fsp3) is 0.409. The zero-order chi connectivity index (χ0) is 19.6. The molecule has 0 unspecified atom stereocenters. The van der Waals surface area contributed by atoms with Crippen LogP contribution in [0.4, 0.5) is 0 Å². The molecule has 0 radical (unpaired) electrons. The summed E-state index contributed by atoms with van der Waals surface area (Å²) in [5.41, 5.74) is 1.54. The molecule has 0 aromatic heterocycles. The molecule has 1 aliphatic rings.